The first-order chi connectivity index (χ1) is 6.56. The molecule has 2 atom stereocenters. The van der Waals surface area contributed by atoms with Crippen LogP contribution in [0.2, 0.25) is 0 Å². The first-order valence-corrected chi connectivity index (χ1v) is 5.22. The van der Waals surface area contributed by atoms with Gasteiger partial charge in [0.1, 0.15) is 0 Å². The van der Waals surface area contributed by atoms with E-state index in [1.54, 1.807) is 7.05 Å². The minimum absolute atomic E-state index is 0.0658. The maximum Gasteiger partial charge on any atom is 0.236 e. The van der Waals surface area contributed by atoms with Gasteiger partial charge in [-0.15, -0.1) is 0 Å². The SMILES string of the molecule is CCN(CC(C)CN)C(C)C(=O)NC. The van der Waals surface area contributed by atoms with Gasteiger partial charge in [0, 0.05) is 13.6 Å². The van der Waals surface area contributed by atoms with Crippen molar-refractivity contribution in [3.05, 3.63) is 0 Å². The first-order valence-electron chi connectivity index (χ1n) is 5.22. The maximum absolute atomic E-state index is 11.4. The molecular weight excluding hydrogens is 178 g/mol. The number of nitrogens with zero attached hydrogens (tertiary/aromatic N) is 1. The highest BCUT2D eigenvalue weighted by atomic mass is 16.2. The lowest BCUT2D eigenvalue weighted by Gasteiger charge is -2.28. The van der Waals surface area contributed by atoms with E-state index in [0.717, 1.165) is 13.1 Å². The van der Waals surface area contributed by atoms with Crippen molar-refractivity contribution >= 4 is 5.91 Å². The van der Waals surface area contributed by atoms with Crippen LogP contribution in [0.25, 0.3) is 0 Å². The minimum Gasteiger partial charge on any atom is -0.358 e. The third kappa shape index (κ3) is 4.07. The van der Waals surface area contributed by atoms with Gasteiger partial charge in [-0.05, 0) is 25.9 Å². The van der Waals surface area contributed by atoms with Crippen molar-refractivity contribution in [1.29, 1.82) is 0 Å². The number of nitrogens with one attached hydrogen (secondary N) is 1. The molecule has 2 unspecified atom stereocenters. The lowest BCUT2D eigenvalue weighted by atomic mass is 10.1. The molecule has 84 valence electrons. The fourth-order valence-corrected chi connectivity index (χ4v) is 1.41. The molecule has 0 aromatic rings. The van der Waals surface area contributed by atoms with E-state index >= 15 is 0 Å². The summed E-state index contributed by atoms with van der Waals surface area (Å²) < 4.78 is 0. The second-order valence-corrected chi connectivity index (χ2v) is 3.72. The molecule has 0 fully saturated rings. The van der Waals surface area contributed by atoms with Gasteiger partial charge in [0.25, 0.3) is 0 Å². The molecule has 0 radical (unpaired) electrons. The summed E-state index contributed by atoms with van der Waals surface area (Å²) in [6, 6.07) is -0.0704. The zero-order valence-corrected chi connectivity index (χ0v) is 9.71. The van der Waals surface area contributed by atoms with Crippen LogP contribution in [0.1, 0.15) is 20.8 Å². The summed E-state index contributed by atoms with van der Waals surface area (Å²) in [6.45, 7) is 8.49. The van der Waals surface area contributed by atoms with Crippen LogP contribution in [-0.2, 0) is 4.79 Å². The van der Waals surface area contributed by atoms with Gasteiger partial charge >= 0.3 is 0 Å². The number of carbonyl (C=O) groups is 1. The van der Waals surface area contributed by atoms with Crippen LogP contribution >= 0.6 is 0 Å². The van der Waals surface area contributed by atoms with E-state index in [9.17, 15) is 4.79 Å². The van der Waals surface area contributed by atoms with Crippen molar-refractivity contribution in [2.45, 2.75) is 26.8 Å². The molecule has 14 heavy (non-hydrogen) atoms. The zero-order valence-electron chi connectivity index (χ0n) is 9.71. The third-order valence-corrected chi connectivity index (χ3v) is 2.53. The van der Waals surface area contributed by atoms with Crippen LogP contribution in [0.15, 0.2) is 0 Å². The molecule has 1 amide bonds. The zero-order chi connectivity index (χ0) is 11.1. The van der Waals surface area contributed by atoms with Gasteiger partial charge in [-0.2, -0.15) is 0 Å². The van der Waals surface area contributed by atoms with Crippen LogP contribution in [0.5, 0.6) is 0 Å². The largest absolute Gasteiger partial charge is 0.358 e. The summed E-state index contributed by atoms with van der Waals surface area (Å²) in [5, 5.41) is 2.66. The minimum atomic E-state index is -0.0704. The van der Waals surface area contributed by atoms with Gasteiger partial charge in [0.2, 0.25) is 5.91 Å². The van der Waals surface area contributed by atoms with Gasteiger partial charge in [0.05, 0.1) is 6.04 Å². The molecule has 0 aromatic carbocycles. The Labute approximate surface area is 86.8 Å². The Hall–Kier alpha value is -0.610. The summed E-state index contributed by atoms with van der Waals surface area (Å²) in [5.41, 5.74) is 5.56. The Kier molecular flexibility index (Phi) is 6.49. The molecule has 0 bridgehead atoms. The highest BCUT2D eigenvalue weighted by Gasteiger charge is 2.19. The van der Waals surface area contributed by atoms with Crippen molar-refractivity contribution in [3.8, 4) is 0 Å². The van der Waals surface area contributed by atoms with E-state index in [1.165, 1.54) is 0 Å². The van der Waals surface area contributed by atoms with Crippen LogP contribution < -0.4 is 11.1 Å². The summed E-state index contributed by atoms with van der Waals surface area (Å²) in [5.74, 6) is 0.498. The van der Waals surface area contributed by atoms with E-state index in [4.69, 9.17) is 5.73 Å². The van der Waals surface area contributed by atoms with Gasteiger partial charge in [0.15, 0.2) is 0 Å². The quantitative estimate of drug-likeness (QED) is 0.638. The molecule has 3 N–H and O–H groups in total. The molecule has 0 saturated carbocycles. The van der Waals surface area contributed by atoms with Gasteiger partial charge in [-0.25, -0.2) is 0 Å². The van der Waals surface area contributed by atoms with Crippen molar-refractivity contribution in [3.63, 3.8) is 0 Å². The third-order valence-electron chi connectivity index (χ3n) is 2.53. The Bertz CT molecular complexity index is 173. The summed E-state index contributed by atoms with van der Waals surface area (Å²) >= 11 is 0. The molecule has 4 nitrogen and oxygen atoms in total. The smallest absolute Gasteiger partial charge is 0.236 e. The summed E-state index contributed by atoms with van der Waals surface area (Å²) in [4.78, 5) is 13.5. The van der Waals surface area contributed by atoms with E-state index in [-0.39, 0.29) is 11.9 Å². The predicted octanol–water partition coefficient (Wildman–Crippen LogP) is 0.0376. The van der Waals surface area contributed by atoms with E-state index in [2.05, 4.69) is 24.1 Å². The monoisotopic (exact) mass is 201 g/mol. The Morgan fingerprint density at radius 1 is 1.50 bits per heavy atom. The number of rotatable bonds is 6. The molecule has 0 saturated heterocycles. The van der Waals surface area contributed by atoms with Crippen molar-refractivity contribution in [1.82, 2.24) is 10.2 Å². The van der Waals surface area contributed by atoms with Gasteiger partial charge in [-0.1, -0.05) is 13.8 Å². The normalized spacial score (nSPS) is 15.3. The molecule has 0 aliphatic rings. The topological polar surface area (TPSA) is 58.4 Å². The lowest BCUT2D eigenvalue weighted by Crippen LogP contribution is -2.46. The second kappa shape index (κ2) is 6.79. The van der Waals surface area contributed by atoms with Crippen LogP contribution in [0, 0.1) is 5.92 Å². The van der Waals surface area contributed by atoms with E-state index in [0.29, 0.717) is 12.5 Å². The summed E-state index contributed by atoms with van der Waals surface area (Å²) in [7, 11) is 1.67. The highest BCUT2D eigenvalue weighted by molar-refractivity contribution is 5.80. The average Bonchev–Trinajstić information content (AvgIpc) is 2.23. The molecule has 0 aromatic heterocycles. The molecule has 0 aliphatic heterocycles. The first kappa shape index (κ1) is 13.4. The Morgan fingerprint density at radius 2 is 2.07 bits per heavy atom. The predicted molar refractivity (Wildman–Crippen MR) is 59.0 cm³/mol. The van der Waals surface area contributed by atoms with E-state index < -0.39 is 0 Å². The van der Waals surface area contributed by atoms with Gasteiger partial charge in [-0.3, -0.25) is 9.69 Å². The number of likely N-dealkylation sites (N-methyl/N-ethyl adjacent to an activating group) is 2. The second-order valence-electron chi connectivity index (χ2n) is 3.72. The van der Waals surface area contributed by atoms with Gasteiger partial charge < -0.3 is 11.1 Å². The number of nitrogens with two attached hydrogens (primary N) is 1. The van der Waals surface area contributed by atoms with Crippen molar-refractivity contribution < 1.29 is 4.79 Å². The van der Waals surface area contributed by atoms with Crippen LogP contribution in [-0.4, -0.2) is 43.5 Å². The fourth-order valence-electron chi connectivity index (χ4n) is 1.41. The Balaban J connectivity index is 4.18. The summed E-state index contributed by atoms with van der Waals surface area (Å²) in [6.07, 6.45) is 0. The fraction of sp³-hybridized carbons (Fsp3) is 0.900. The standard InChI is InChI=1S/C10H23N3O/c1-5-13(7-8(2)6-11)9(3)10(14)12-4/h8-9H,5-7,11H2,1-4H3,(H,12,14). The van der Waals surface area contributed by atoms with Crippen molar-refractivity contribution in [2.75, 3.05) is 26.7 Å². The number of carbonyl (C=O) groups excluding carboxylic acids is 1. The lowest BCUT2D eigenvalue weighted by molar-refractivity contribution is -0.125. The molecule has 0 heterocycles. The number of hydrogen-bond donors (Lipinski definition) is 2. The number of amides is 1. The molecule has 4 heteroatoms. The van der Waals surface area contributed by atoms with Crippen LogP contribution in [0.4, 0.5) is 0 Å². The van der Waals surface area contributed by atoms with Crippen molar-refractivity contribution in [2.24, 2.45) is 11.7 Å². The van der Waals surface area contributed by atoms with Crippen LogP contribution in [0.3, 0.4) is 0 Å². The molecular formula is C10H23N3O. The molecule has 0 rings (SSSR count). The average molecular weight is 201 g/mol. The molecule has 0 spiro atoms. The van der Waals surface area contributed by atoms with E-state index in [1.807, 2.05) is 6.92 Å². The highest BCUT2D eigenvalue weighted by Crippen LogP contribution is 2.03. The molecule has 0 aliphatic carbocycles. The Morgan fingerprint density at radius 3 is 2.43 bits per heavy atom. The number of hydrogen-bond acceptors (Lipinski definition) is 3. The maximum atomic E-state index is 11.4.